The van der Waals surface area contributed by atoms with Crippen molar-refractivity contribution in [3.8, 4) is 0 Å². The van der Waals surface area contributed by atoms with E-state index in [2.05, 4.69) is 58.3 Å². The van der Waals surface area contributed by atoms with E-state index in [9.17, 15) is 0 Å². The Morgan fingerprint density at radius 1 is 1.18 bits per heavy atom. The first-order chi connectivity index (χ1) is 8.16. The Bertz CT molecular complexity index is 506. The number of hydrogen-bond donors (Lipinski definition) is 1. The Morgan fingerprint density at radius 3 is 2.71 bits per heavy atom. The van der Waals surface area contributed by atoms with Crippen molar-refractivity contribution in [3.63, 3.8) is 0 Å². The van der Waals surface area contributed by atoms with E-state index < -0.39 is 0 Å². The highest BCUT2D eigenvalue weighted by molar-refractivity contribution is 9.10. The predicted octanol–water partition coefficient (Wildman–Crippen LogP) is 4.07. The average Bonchev–Trinajstić information content (AvgIpc) is 2.33. The molecule has 0 radical (unpaired) electrons. The molecule has 0 aliphatic rings. The van der Waals surface area contributed by atoms with Crippen molar-refractivity contribution in [1.82, 2.24) is 4.98 Å². The first-order valence-electron chi connectivity index (χ1n) is 5.57. The summed E-state index contributed by atoms with van der Waals surface area (Å²) in [5, 5.41) is 3.37. The van der Waals surface area contributed by atoms with E-state index >= 15 is 0 Å². The Morgan fingerprint density at radius 2 is 2.00 bits per heavy atom. The summed E-state index contributed by atoms with van der Waals surface area (Å²) in [5.74, 6) is 0. The van der Waals surface area contributed by atoms with Crippen LogP contribution in [0.15, 0.2) is 41.1 Å². The van der Waals surface area contributed by atoms with Gasteiger partial charge in [-0.25, -0.2) is 4.98 Å². The van der Waals surface area contributed by atoms with Crippen molar-refractivity contribution in [2.75, 3.05) is 5.32 Å². The minimum Gasteiger partial charge on any atom is -0.380 e. The van der Waals surface area contributed by atoms with Crippen LogP contribution in [0.5, 0.6) is 0 Å². The third-order valence-corrected chi connectivity index (χ3v) is 3.40. The van der Waals surface area contributed by atoms with Crippen molar-refractivity contribution in [2.45, 2.75) is 20.4 Å². The second kappa shape index (κ2) is 5.32. The number of halogens is 1. The number of nitrogens with one attached hydrogen (secondary N) is 1. The van der Waals surface area contributed by atoms with Crippen LogP contribution in [-0.4, -0.2) is 4.98 Å². The van der Waals surface area contributed by atoms with Crippen LogP contribution in [0.4, 0.5) is 5.69 Å². The summed E-state index contributed by atoms with van der Waals surface area (Å²) in [6.07, 6.45) is 1.83. The molecule has 0 saturated heterocycles. The predicted molar refractivity (Wildman–Crippen MR) is 75.2 cm³/mol. The summed E-state index contributed by atoms with van der Waals surface area (Å²) in [6, 6.07) is 10.3. The number of pyridine rings is 1. The van der Waals surface area contributed by atoms with Crippen LogP contribution in [-0.2, 0) is 6.54 Å². The van der Waals surface area contributed by atoms with Gasteiger partial charge in [-0.2, -0.15) is 0 Å². The van der Waals surface area contributed by atoms with E-state index in [1.807, 2.05) is 18.3 Å². The van der Waals surface area contributed by atoms with Gasteiger partial charge >= 0.3 is 0 Å². The zero-order chi connectivity index (χ0) is 12.3. The van der Waals surface area contributed by atoms with Gasteiger partial charge in [0.2, 0.25) is 0 Å². The fourth-order valence-electron chi connectivity index (χ4n) is 1.68. The van der Waals surface area contributed by atoms with E-state index in [1.54, 1.807) is 0 Å². The molecule has 17 heavy (non-hydrogen) atoms. The molecule has 1 aromatic carbocycles. The Labute approximate surface area is 110 Å². The Balaban J connectivity index is 2.07. The smallest absolute Gasteiger partial charge is 0.106 e. The van der Waals surface area contributed by atoms with E-state index in [0.717, 1.165) is 16.8 Å². The van der Waals surface area contributed by atoms with E-state index in [1.165, 1.54) is 16.7 Å². The first kappa shape index (κ1) is 12.1. The van der Waals surface area contributed by atoms with Gasteiger partial charge in [-0.15, -0.1) is 0 Å². The van der Waals surface area contributed by atoms with Gasteiger partial charge in [0, 0.05) is 6.54 Å². The van der Waals surface area contributed by atoms with Gasteiger partial charge in [-0.05, 0) is 58.6 Å². The molecular weight excluding hydrogens is 276 g/mol. The normalized spacial score (nSPS) is 10.3. The third-order valence-electron chi connectivity index (χ3n) is 2.93. The molecule has 0 aliphatic heterocycles. The summed E-state index contributed by atoms with van der Waals surface area (Å²) in [5.41, 5.74) is 5.05. The lowest BCUT2D eigenvalue weighted by atomic mass is 10.0. The lowest BCUT2D eigenvalue weighted by molar-refractivity contribution is 1.09. The minimum absolute atomic E-state index is 0.830. The summed E-state index contributed by atoms with van der Waals surface area (Å²) in [6.45, 7) is 5.13. The molecule has 0 aliphatic carbocycles. The molecule has 0 amide bonds. The zero-order valence-electron chi connectivity index (χ0n) is 10.00. The van der Waals surface area contributed by atoms with Gasteiger partial charge in [0.05, 0.1) is 11.9 Å². The maximum atomic E-state index is 4.19. The number of aromatic nitrogens is 1. The molecule has 0 fully saturated rings. The second-order valence-electron chi connectivity index (χ2n) is 4.08. The third kappa shape index (κ3) is 3.07. The molecule has 0 spiro atoms. The monoisotopic (exact) mass is 290 g/mol. The molecule has 1 heterocycles. The fourth-order valence-corrected chi connectivity index (χ4v) is 1.92. The van der Waals surface area contributed by atoms with Crippen molar-refractivity contribution < 1.29 is 0 Å². The standard InChI is InChI=1S/C14H15BrN2/c1-10-4-3-5-12(11(10)2)8-16-13-6-7-14(15)17-9-13/h3-7,9,16H,8H2,1-2H3. The topological polar surface area (TPSA) is 24.9 Å². The van der Waals surface area contributed by atoms with Crippen LogP contribution in [0.2, 0.25) is 0 Å². The van der Waals surface area contributed by atoms with Crippen molar-refractivity contribution >= 4 is 21.6 Å². The summed E-state index contributed by atoms with van der Waals surface area (Å²) >= 11 is 3.32. The zero-order valence-corrected chi connectivity index (χ0v) is 11.6. The Kier molecular flexibility index (Phi) is 3.79. The van der Waals surface area contributed by atoms with Gasteiger partial charge in [0.15, 0.2) is 0 Å². The number of hydrogen-bond acceptors (Lipinski definition) is 2. The SMILES string of the molecule is Cc1cccc(CNc2ccc(Br)nc2)c1C. The lowest BCUT2D eigenvalue weighted by Crippen LogP contribution is -2.02. The molecule has 1 N–H and O–H groups in total. The number of anilines is 1. The summed E-state index contributed by atoms with van der Waals surface area (Å²) in [7, 11) is 0. The second-order valence-corrected chi connectivity index (χ2v) is 4.89. The molecule has 0 unspecified atom stereocenters. The average molecular weight is 291 g/mol. The van der Waals surface area contributed by atoms with E-state index in [-0.39, 0.29) is 0 Å². The minimum atomic E-state index is 0.830. The molecule has 2 rings (SSSR count). The molecule has 3 heteroatoms. The van der Waals surface area contributed by atoms with Crippen LogP contribution in [0.25, 0.3) is 0 Å². The molecule has 1 aromatic heterocycles. The molecule has 2 aromatic rings. The molecule has 88 valence electrons. The van der Waals surface area contributed by atoms with Crippen molar-refractivity contribution in [1.29, 1.82) is 0 Å². The van der Waals surface area contributed by atoms with Gasteiger partial charge < -0.3 is 5.32 Å². The van der Waals surface area contributed by atoms with Crippen LogP contribution in [0.3, 0.4) is 0 Å². The quantitative estimate of drug-likeness (QED) is 0.862. The van der Waals surface area contributed by atoms with Gasteiger partial charge in [0.1, 0.15) is 4.60 Å². The maximum Gasteiger partial charge on any atom is 0.106 e. The van der Waals surface area contributed by atoms with Crippen LogP contribution < -0.4 is 5.32 Å². The number of rotatable bonds is 3. The number of aryl methyl sites for hydroxylation is 1. The maximum absolute atomic E-state index is 4.19. The summed E-state index contributed by atoms with van der Waals surface area (Å²) < 4.78 is 0.856. The van der Waals surface area contributed by atoms with Gasteiger partial charge in [-0.3, -0.25) is 0 Å². The highest BCUT2D eigenvalue weighted by atomic mass is 79.9. The number of benzene rings is 1. The fraction of sp³-hybridized carbons (Fsp3) is 0.214. The van der Waals surface area contributed by atoms with Crippen LogP contribution >= 0.6 is 15.9 Å². The molecular formula is C14H15BrN2. The highest BCUT2D eigenvalue weighted by Crippen LogP contribution is 2.15. The highest BCUT2D eigenvalue weighted by Gasteiger charge is 2.00. The number of nitrogens with zero attached hydrogens (tertiary/aromatic N) is 1. The lowest BCUT2D eigenvalue weighted by Gasteiger charge is -2.10. The van der Waals surface area contributed by atoms with E-state index in [0.29, 0.717) is 0 Å². The molecule has 0 saturated carbocycles. The van der Waals surface area contributed by atoms with Gasteiger partial charge in [-0.1, -0.05) is 18.2 Å². The van der Waals surface area contributed by atoms with Crippen molar-refractivity contribution in [2.24, 2.45) is 0 Å². The van der Waals surface area contributed by atoms with Crippen molar-refractivity contribution in [3.05, 3.63) is 57.8 Å². The molecule has 0 bridgehead atoms. The largest absolute Gasteiger partial charge is 0.380 e. The first-order valence-corrected chi connectivity index (χ1v) is 6.36. The summed E-state index contributed by atoms with van der Waals surface area (Å²) in [4.78, 5) is 4.19. The van der Waals surface area contributed by atoms with Gasteiger partial charge in [0.25, 0.3) is 0 Å². The Hall–Kier alpha value is -1.35. The van der Waals surface area contributed by atoms with Crippen LogP contribution in [0, 0.1) is 13.8 Å². The van der Waals surface area contributed by atoms with Crippen LogP contribution in [0.1, 0.15) is 16.7 Å². The van der Waals surface area contributed by atoms with E-state index in [4.69, 9.17) is 0 Å². The molecule has 2 nitrogen and oxygen atoms in total. The molecule has 0 atom stereocenters.